The monoisotopic (exact) mass is 333 g/mol. The molecule has 0 saturated heterocycles. The molecule has 0 aromatic heterocycles. The summed E-state index contributed by atoms with van der Waals surface area (Å²) in [5, 5.41) is 11.7. The van der Waals surface area contributed by atoms with Crippen LogP contribution in [0.25, 0.3) is 0 Å². The van der Waals surface area contributed by atoms with Crippen LogP contribution in [0.5, 0.6) is 0 Å². The van der Waals surface area contributed by atoms with Gasteiger partial charge in [-0.3, -0.25) is 9.35 Å². The molecule has 0 heterocycles. The number of rotatable bonds is 8. The van der Waals surface area contributed by atoms with E-state index < -0.39 is 27.7 Å². The number of hydrogen-bond donors (Lipinski definition) is 1. The van der Waals surface area contributed by atoms with Gasteiger partial charge in [0.05, 0.1) is 12.3 Å². The first-order chi connectivity index (χ1) is 8.61. The molecule has 1 unspecified atom stereocenters. The normalized spacial score (nSPS) is 13.9. The first-order valence-electron chi connectivity index (χ1n) is 5.91. The minimum Gasteiger partial charge on any atom is -0.862 e. The topological polar surface area (TPSA) is 107 Å². The summed E-state index contributed by atoms with van der Waals surface area (Å²) in [6, 6.07) is 0. The molecule has 112 valence electrons. The third kappa shape index (κ3) is 13.4. The molecule has 9 heteroatoms. The van der Waals surface area contributed by atoms with E-state index >= 15 is 0 Å². The second kappa shape index (κ2) is 11.0. The predicted molar refractivity (Wildman–Crippen MR) is 74.8 cm³/mol. The summed E-state index contributed by atoms with van der Waals surface area (Å²) in [4.78, 5) is 14.5. The molecule has 0 amide bonds. The molecule has 0 aromatic rings. The Morgan fingerprint density at radius 3 is 2.35 bits per heavy atom. The van der Waals surface area contributed by atoms with E-state index in [-0.39, 0.29) is 47.1 Å². The van der Waals surface area contributed by atoms with Crippen molar-refractivity contribution in [2.75, 3.05) is 18.1 Å². The van der Waals surface area contributed by atoms with Crippen molar-refractivity contribution in [1.82, 2.24) is 0 Å². The zero-order valence-electron chi connectivity index (χ0n) is 12.3. The molecule has 0 aromatic carbocycles. The van der Waals surface area contributed by atoms with Crippen LogP contribution in [0.3, 0.4) is 0 Å². The van der Waals surface area contributed by atoms with Crippen LogP contribution in [0.15, 0.2) is 4.99 Å². The Balaban J connectivity index is 0. The van der Waals surface area contributed by atoms with Gasteiger partial charge in [-0.25, -0.2) is 0 Å². The second-order valence-corrected chi connectivity index (χ2v) is 7.40. The summed E-state index contributed by atoms with van der Waals surface area (Å²) in [6.07, 6.45) is 0.592. The van der Waals surface area contributed by atoms with Gasteiger partial charge in [0.15, 0.2) is 5.12 Å². The largest absolute Gasteiger partial charge is 1.00 e. The van der Waals surface area contributed by atoms with Crippen molar-refractivity contribution >= 4 is 32.9 Å². The summed E-state index contributed by atoms with van der Waals surface area (Å²) >= 11 is 1.06. The predicted octanol–water partition coefficient (Wildman–Crippen LogP) is -2.42. The average Bonchev–Trinajstić information content (AvgIpc) is 2.21. The molecule has 1 atom stereocenters. The van der Waals surface area contributed by atoms with E-state index in [9.17, 15) is 18.3 Å². The van der Waals surface area contributed by atoms with Crippen molar-refractivity contribution in [3.63, 3.8) is 0 Å². The number of aliphatic imine (C=N–C) groups is 1. The van der Waals surface area contributed by atoms with Crippen molar-refractivity contribution in [2.24, 2.45) is 16.8 Å². The van der Waals surface area contributed by atoms with E-state index in [1.807, 2.05) is 13.8 Å². The van der Waals surface area contributed by atoms with Crippen molar-refractivity contribution in [3.8, 4) is 0 Å². The Labute approximate surface area is 146 Å². The fourth-order valence-electron chi connectivity index (χ4n) is 1.43. The van der Waals surface area contributed by atoms with E-state index in [1.165, 1.54) is 6.92 Å². The second-order valence-electron chi connectivity index (χ2n) is 4.64. The van der Waals surface area contributed by atoms with Gasteiger partial charge >= 0.3 is 29.6 Å². The first-order valence-corrected chi connectivity index (χ1v) is 8.51. The fraction of sp³-hybridized carbons (Fsp3) is 0.818. The number of carbonyl (C=O) groups is 1. The number of thioether (sulfide) groups is 1. The van der Waals surface area contributed by atoms with Crippen LogP contribution in [-0.4, -0.2) is 42.0 Å². The molecule has 0 aliphatic carbocycles. The maximum absolute atomic E-state index is 11.8. The number of nitrogens with zero attached hydrogens (tertiary/aromatic N) is 1. The minimum absolute atomic E-state index is 0. The van der Waals surface area contributed by atoms with Gasteiger partial charge in [-0.2, -0.15) is 8.42 Å². The minimum atomic E-state index is -4.10. The Bertz CT molecular complexity index is 423. The molecule has 0 fully saturated rings. The Kier molecular flexibility index (Phi) is 12.5. The van der Waals surface area contributed by atoms with Gasteiger partial charge in [-0.15, -0.1) is 0 Å². The van der Waals surface area contributed by atoms with E-state index in [1.54, 1.807) is 0 Å². The van der Waals surface area contributed by atoms with Gasteiger partial charge in [0.1, 0.15) is 0 Å². The smallest absolute Gasteiger partial charge is 0.862 e. The summed E-state index contributed by atoms with van der Waals surface area (Å²) in [5.41, 5.74) is 0. The van der Waals surface area contributed by atoms with Crippen LogP contribution in [0.1, 0.15) is 27.2 Å². The molecular weight excluding hydrogens is 313 g/mol. The van der Waals surface area contributed by atoms with Gasteiger partial charge < -0.3 is 10.1 Å². The van der Waals surface area contributed by atoms with E-state index in [0.717, 1.165) is 11.8 Å². The Morgan fingerprint density at radius 1 is 1.40 bits per heavy atom. The maximum atomic E-state index is 11.8. The molecule has 6 nitrogen and oxygen atoms in total. The Hall–Kier alpha value is 0.400. The molecule has 0 aliphatic rings. The summed E-state index contributed by atoms with van der Waals surface area (Å²) in [6.45, 7) is 5.09. The fourth-order valence-corrected chi connectivity index (χ4v) is 2.46. The molecule has 0 spiro atoms. The van der Waals surface area contributed by atoms with Crippen molar-refractivity contribution < 1.29 is 52.4 Å². The van der Waals surface area contributed by atoms with Gasteiger partial charge in [0.2, 0.25) is 0 Å². The number of hydrogen-bond acceptors (Lipinski definition) is 6. The molecule has 0 bridgehead atoms. The number of carbonyl (C=O) groups excluding carboxylic acids is 1. The molecule has 0 aliphatic heterocycles. The van der Waals surface area contributed by atoms with Crippen LogP contribution in [0.2, 0.25) is 0 Å². The van der Waals surface area contributed by atoms with E-state index in [0.29, 0.717) is 12.2 Å². The first kappa shape index (κ1) is 22.7. The van der Waals surface area contributed by atoms with Crippen LogP contribution < -0.4 is 34.7 Å². The van der Waals surface area contributed by atoms with E-state index in [2.05, 4.69) is 4.99 Å². The van der Waals surface area contributed by atoms with Gasteiger partial charge in [0, 0.05) is 12.7 Å². The SMILES string of the molecule is CC(=O)SCC(CC(C)C)C([O-])=NCCS(=O)(=O)O.[Na+]. The summed E-state index contributed by atoms with van der Waals surface area (Å²) < 4.78 is 29.6. The standard InChI is InChI=1S/C11H21NO5S2.Na/c1-8(2)6-10(7-18-9(3)13)11(14)12-4-5-19(15,16)17;/h8,10H,4-7H2,1-3H3,(H,12,14)(H,15,16,17);/q;+1/p-1. The molecular formula is C11H20NNaO5S2. The maximum Gasteiger partial charge on any atom is 1.00 e. The molecule has 1 N–H and O–H groups in total. The quantitative estimate of drug-likeness (QED) is 0.229. The van der Waals surface area contributed by atoms with Crippen molar-refractivity contribution in [1.29, 1.82) is 0 Å². The van der Waals surface area contributed by atoms with Crippen LogP contribution >= 0.6 is 11.8 Å². The molecule has 0 saturated carbocycles. The zero-order valence-corrected chi connectivity index (χ0v) is 16.0. The third-order valence-corrected chi connectivity index (χ3v) is 3.88. The molecule has 0 rings (SSSR count). The van der Waals surface area contributed by atoms with Gasteiger partial charge in [-0.05, 0) is 24.2 Å². The van der Waals surface area contributed by atoms with Crippen LogP contribution in [0.4, 0.5) is 0 Å². The molecule has 20 heavy (non-hydrogen) atoms. The third-order valence-electron chi connectivity index (χ3n) is 2.21. The van der Waals surface area contributed by atoms with Gasteiger partial charge in [0.25, 0.3) is 10.1 Å². The summed E-state index contributed by atoms with van der Waals surface area (Å²) in [5.74, 6) is -0.742. The van der Waals surface area contributed by atoms with Crippen LogP contribution in [-0.2, 0) is 14.9 Å². The van der Waals surface area contributed by atoms with Crippen molar-refractivity contribution in [2.45, 2.75) is 27.2 Å². The average molecular weight is 333 g/mol. The zero-order chi connectivity index (χ0) is 15.1. The Morgan fingerprint density at radius 2 is 1.95 bits per heavy atom. The summed E-state index contributed by atoms with van der Waals surface area (Å²) in [7, 11) is -4.10. The van der Waals surface area contributed by atoms with Gasteiger partial charge in [-0.1, -0.05) is 25.6 Å². The molecule has 0 radical (unpaired) electrons. The van der Waals surface area contributed by atoms with Crippen molar-refractivity contribution in [3.05, 3.63) is 0 Å². The van der Waals surface area contributed by atoms with E-state index in [4.69, 9.17) is 4.55 Å². The van der Waals surface area contributed by atoms with Crippen LogP contribution in [0, 0.1) is 11.8 Å².